The van der Waals surface area contributed by atoms with E-state index in [2.05, 4.69) is 5.92 Å². The van der Waals surface area contributed by atoms with E-state index in [1.807, 2.05) is 35.8 Å². The molecule has 0 saturated heterocycles. The zero-order valence-electron chi connectivity index (χ0n) is 24.9. The molecule has 0 aliphatic carbocycles. The minimum Gasteiger partial charge on any atom is -0.481 e. The minimum atomic E-state index is -4.27. The second-order valence-electron chi connectivity index (χ2n) is 10.8. The van der Waals surface area contributed by atoms with Gasteiger partial charge in [-0.15, -0.1) is 6.42 Å². The third-order valence-electron chi connectivity index (χ3n) is 7.64. The fourth-order valence-corrected chi connectivity index (χ4v) is 6.81. The van der Waals surface area contributed by atoms with Crippen molar-refractivity contribution in [3.63, 3.8) is 0 Å². The first-order chi connectivity index (χ1) is 21.1. The Labute approximate surface area is 258 Å². The Morgan fingerprint density at radius 2 is 1.34 bits per heavy atom. The predicted octanol–water partition coefficient (Wildman–Crippen LogP) is 5.83. The van der Waals surface area contributed by atoms with Crippen molar-refractivity contribution in [1.82, 2.24) is 4.31 Å². The van der Waals surface area contributed by atoms with E-state index in [0.29, 0.717) is 41.1 Å². The van der Waals surface area contributed by atoms with Gasteiger partial charge in [-0.3, -0.25) is 14.4 Å². The molecule has 0 radical (unpaired) electrons. The van der Waals surface area contributed by atoms with Gasteiger partial charge in [0.15, 0.2) is 0 Å². The number of fused-ring (bicyclic) bond motifs is 2. The number of sulfonamides is 1. The molecule has 0 aliphatic rings. The Morgan fingerprint density at radius 1 is 0.795 bits per heavy atom. The summed E-state index contributed by atoms with van der Waals surface area (Å²) in [4.78, 5) is 37.8. The third-order valence-corrected chi connectivity index (χ3v) is 9.44. The first kappa shape index (κ1) is 32.4. The number of aromatic nitrogens is 1. The average Bonchev–Trinajstić information content (AvgIpc) is 3.00. The summed E-state index contributed by atoms with van der Waals surface area (Å²) in [5.41, 5.74) is 2.55. The lowest BCUT2D eigenvalue weighted by Gasteiger charge is -2.24. The highest BCUT2D eigenvalue weighted by molar-refractivity contribution is 7.89. The monoisotopic (exact) mass is 613 g/mol. The summed E-state index contributed by atoms with van der Waals surface area (Å²) >= 11 is 0. The molecule has 0 spiro atoms. The van der Waals surface area contributed by atoms with Crippen molar-refractivity contribution in [2.45, 2.75) is 69.7 Å². The van der Waals surface area contributed by atoms with Gasteiger partial charge < -0.3 is 5.11 Å². The van der Waals surface area contributed by atoms with Crippen molar-refractivity contribution in [3.05, 3.63) is 83.9 Å². The van der Waals surface area contributed by atoms with E-state index in [0.717, 1.165) is 22.7 Å². The molecule has 1 amide bonds. The number of carboxylic acids is 1. The SMILES string of the molecule is C#CC[n+]1c2ccccc2c(C(=O)N(CCCC(=O)CCCCCCC(=O)O)S(=O)(=O)c2ccc(C)cc2)c2ccccc21. The molecule has 228 valence electrons. The zero-order chi connectivity index (χ0) is 31.7. The van der Waals surface area contributed by atoms with Gasteiger partial charge in [-0.2, -0.15) is 4.57 Å². The first-order valence-electron chi connectivity index (χ1n) is 14.8. The predicted molar refractivity (Wildman–Crippen MR) is 169 cm³/mol. The molecule has 4 aromatic rings. The maximum absolute atomic E-state index is 14.5. The Balaban J connectivity index is 1.66. The molecule has 0 unspecified atom stereocenters. The maximum Gasteiger partial charge on any atom is 0.303 e. The number of pyridine rings is 1. The van der Waals surface area contributed by atoms with Crippen molar-refractivity contribution in [2.75, 3.05) is 6.54 Å². The van der Waals surface area contributed by atoms with Crippen LogP contribution in [0.2, 0.25) is 0 Å². The van der Waals surface area contributed by atoms with Gasteiger partial charge in [-0.05, 0) is 56.4 Å². The normalized spacial score (nSPS) is 11.4. The standard InChI is InChI=1S/C35H36N2O6S/c1-3-24-36-31-17-10-8-15-29(31)34(30-16-9-11-18-32(30)36)35(41)37(44(42,43)28-22-20-26(2)21-23-28)25-12-14-27(38)13-6-4-5-7-19-33(39)40/h1,8-11,15-18,20-23H,4-7,12-14,19,24-25H2,2H3/p+1. The summed E-state index contributed by atoms with van der Waals surface area (Å²) < 4.78 is 30.9. The van der Waals surface area contributed by atoms with E-state index in [1.54, 1.807) is 36.4 Å². The molecule has 1 aromatic heterocycles. The summed E-state index contributed by atoms with van der Waals surface area (Å²) in [6.07, 6.45) is 9.13. The van der Waals surface area contributed by atoms with Crippen LogP contribution in [0.15, 0.2) is 77.7 Å². The molecule has 9 heteroatoms. The summed E-state index contributed by atoms with van der Waals surface area (Å²) in [5.74, 6) is 1.16. The largest absolute Gasteiger partial charge is 0.481 e. The van der Waals surface area contributed by atoms with E-state index in [9.17, 15) is 22.8 Å². The molecule has 0 bridgehead atoms. The van der Waals surface area contributed by atoms with E-state index in [4.69, 9.17) is 11.5 Å². The molecule has 0 fully saturated rings. The topological polar surface area (TPSA) is 113 Å². The zero-order valence-corrected chi connectivity index (χ0v) is 25.7. The fourth-order valence-electron chi connectivity index (χ4n) is 5.40. The summed E-state index contributed by atoms with van der Waals surface area (Å²) in [6.45, 7) is 1.95. The highest BCUT2D eigenvalue weighted by Gasteiger charge is 2.34. The number of ketones is 1. The van der Waals surface area contributed by atoms with Crippen molar-refractivity contribution in [3.8, 4) is 12.3 Å². The highest BCUT2D eigenvalue weighted by atomic mass is 32.2. The fraction of sp³-hybridized carbons (Fsp3) is 0.314. The molecule has 0 atom stereocenters. The number of para-hydroxylation sites is 2. The van der Waals surface area contributed by atoms with Crippen LogP contribution in [0.3, 0.4) is 0 Å². The average molecular weight is 614 g/mol. The van der Waals surface area contributed by atoms with Crippen molar-refractivity contribution < 1.29 is 32.5 Å². The number of terminal acetylenes is 1. The maximum atomic E-state index is 14.5. The van der Waals surface area contributed by atoms with Gasteiger partial charge in [-0.1, -0.05) is 54.8 Å². The van der Waals surface area contributed by atoms with Gasteiger partial charge in [-0.25, -0.2) is 12.7 Å². The lowest BCUT2D eigenvalue weighted by atomic mass is 10.0. The second-order valence-corrected chi connectivity index (χ2v) is 12.7. The van der Waals surface area contributed by atoms with Crippen LogP contribution in [0.5, 0.6) is 0 Å². The highest BCUT2D eigenvalue weighted by Crippen LogP contribution is 2.29. The van der Waals surface area contributed by atoms with Gasteiger partial charge in [0.2, 0.25) is 17.6 Å². The number of benzene rings is 3. The lowest BCUT2D eigenvalue weighted by molar-refractivity contribution is -0.632. The molecule has 44 heavy (non-hydrogen) atoms. The number of carbonyl (C=O) groups is 3. The van der Waals surface area contributed by atoms with Crippen LogP contribution in [0.4, 0.5) is 0 Å². The number of carbonyl (C=O) groups excluding carboxylic acids is 2. The summed E-state index contributed by atoms with van der Waals surface area (Å²) in [7, 11) is -4.27. The minimum absolute atomic E-state index is 0.00363. The number of aryl methyl sites for hydroxylation is 1. The van der Waals surface area contributed by atoms with E-state index < -0.39 is 21.9 Å². The molecule has 0 saturated carbocycles. The van der Waals surface area contributed by atoms with Crippen molar-refractivity contribution in [1.29, 1.82) is 0 Å². The molecule has 0 aliphatic heterocycles. The van der Waals surface area contributed by atoms with Crippen molar-refractivity contribution >= 4 is 49.5 Å². The van der Waals surface area contributed by atoms with Crippen LogP contribution < -0.4 is 4.57 Å². The smallest absolute Gasteiger partial charge is 0.303 e. The lowest BCUT2D eigenvalue weighted by Crippen LogP contribution is -2.40. The third kappa shape index (κ3) is 7.50. The van der Waals surface area contributed by atoms with E-state index in [-0.39, 0.29) is 48.6 Å². The molecular formula is C35H37N2O6S+. The Bertz CT molecular complexity index is 1770. The Hall–Kier alpha value is -4.55. The number of unbranched alkanes of at least 4 members (excludes halogenated alkanes) is 3. The van der Waals surface area contributed by atoms with Crippen LogP contribution >= 0.6 is 0 Å². The van der Waals surface area contributed by atoms with Crippen LogP contribution in [0.1, 0.15) is 67.3 Å². The van der Waals surface area contributed by atoms with Gasteiger partial charge >= 0.3 is 5.97 Å². The molecule has 1 N–H and O–H groups in total. The van der Waals surface area contributed by atoms with Gasteiger partial charge in [0.05, 0.1) is 21.2 Å². The number of hydrogen-bond acceptors (Lipinski definition) is 5. The van der Waals surface area contributed by atoms with Gasteiger partial charge in [0, 0.05) is 37.9 Å². The molecular weight excluding hydrogens is 576 g/mol. The number of rotatable bonds is 15. The number of carboxylic acid groups (broad SMARTS) is 1. The summed E-state index contributed by atoms with van der Waals surface area (Å²) in [5, 5.41) is 9.92. The number of Topliss-reactive ketones (excluding diaryl/α,β-unsaturated/α-hetero) is 1. The molecule has 4 rings (SSSR count). The number of hydrogen-bond donors (Lipinski definition) is 1. The van der Waals surface area contributed by atoms with E-state index >= 15 is 0 Å². The van der Waals surface area contributed by atoms with E-state index in [1.165, 1.54) is 12.1 Å². The van der Waals surface area contributed by atoms with Crippen LogP contribution in [-0.2, 0) is 26.2 Å². The Morgan fingerprint density at radius 3 is 1.91 bits per heavy atom. The Kier molecular flexibility index (Phi) is 10.9. The number of amides is 1. The van der Waals surface area contributed by atoms with Crippen LogP contribution in [0.25, 0.3) is 21.8 Å². The molecule has 1 heterocycles. The first-order valence-corrected chi connectivity index (χ1v) is 16.2. The van der Waals surface area contributed by atoms with Crippen LogP contribution in [-0.4, -0.2) is 42.0 Å². The second kappa shape index (κ2) is 14.8. The molecule has 3 aromatic carbocycles. The number of aliphatic carboxylic acids is 1. The van der Waals surface area contributed by atoms with Gasteiger partial charge in [0.25, 0.3) is 15.9 Å². The summed E-state index contributed by atoms with van der Waals surface area (Å²) in [6, 6.07) is 20.9. The number of nitrogens with zero attached hydrogens (tertiary/aromatic N) is 2. The quantitative estimate of drug-likeness (QED) is 0.0782. The van der Waals surface area contributed by atoms with Crippen LogP contribution in [0, 0.1) is 19.3 Å². The molecule has 8 nitrogen and oxygen atoms in total. The van der Waals surface area contributed by atoms with Crippen molar-refractivity contribution in [2.24, 2.45) is 0 Å². The van der Waals surface area contributed by atoms with Gasteiger partial charge in [0.1, 0.15) is 5.78 Å².